The van der Waals surface area contributed by atoms with Gasteiger partial charge < -0.3 is 19.7 Å². The molecule has 4 unspecified atom stereocenters. The van der Waals surface area contributed by atoms with Crippen LogP contribution in [-0.2, 0) is 4.74 Å². The van der Waals surface area contributed by atoms with Gasteiger partial charge in [0, 0.05) is 31.3 Å². The van der Waals surface area contributed by atoms with Crippen LogP contribution in [0.4, 0.5) is 11.4 Å². The molecule has 4 atom stereocenters. The summed E-state index contributed by atoms with van der Waals surface area (Å²) in [5, 5.41) is 3.89. The molecule has 0 bridgehead atoms. The number of ether oxygens (including phenoxy) is 2. The highest BCUT2D eigenvalue weighted by atomic mass is 16.5. The standard InChI is InChI=1S/C27H34N2O2/c1-3-29(4-2)20-15-13-19(14-16-20)26-23-10-5-9-22(23)24-11-6-12-25(27(24)28-26)31-18-21-8-7-17-30-21/h5-6,9,11-16,21-23,26,28H,3-4,7-8,10,17-18H2,1-2H3. The Bertz CT molecular complexity index is 913. The van der Waals surface area contributed by atoms with Gasteiger partial charge in [-0.1, -0.05) is 36.4 Å². The molecule has 2 aromatic rings. The Morgan fingerprint density at radius 3 is 2.68 bits per heavy atom. The number of rotatable bonds is 7. The van der Waals surface area contributed by atoms with Crippen LogP contribution in [0.3, 0.4) is 0 Å². The highest BCUT2D eigenvalue weighted by Crippen LogP contribution is 2.52. The Morgan fingerprint density at radius 1 is 1.10 bits per heavy atom. The van der Waals surface area contributed by atoms with Gasteiger partial charge in [-0.2, -0.15) is 0 Å². The second kappa shape index (κ2) is 8.96. The maximum absolute atomic E-state index is 6.28. The van der Waals surface area contributed by atoms with Gasteiger partial charge in [-0.15, -0.1) is 0 Å². The third-order valence-electron chi connectivity index (χ3n) is 7.19. The average molecular weight is 419 g/mol. The number of hydrogen-bond acceptors (Lipinski definition) is 4. The van der Waals surface area contributed by atoms with E-state index in [1.807, 2.05) is 0 Å². The molecule has 2 heterocycles. The zero-order chi connectivity index (χ0) is 21.2. The highest BCUT2D eigenvalue weighted by Gasteiger charge is 2.39. The SMILES string of the molecule is CCN(CC)c1ccc(C2Nc3c(OCC4CCCO4)cccc3C3C=CCC32)cc1. The lowest BCUT2D eigenvalue weighted by Crippen LogP contribution is -2.30. The van der Waals surface area contributed by atoms with Crippen LogP contribution < -0.4 is 15.0 Å². The number of benzene rings is 2. The number of fused-ring (bicyclic) bond motifs is 3. The predicted octanol–water partition coefficient (Wildman–Crippen LogP) is 5.92. The van der Waals surface area contributed by atoms with Crippen molar-refractivity contribution in [2.45, 2.75) is 51.2 Å². The van der Waals surface area contributed by atoms with E-state index in [-0.39, 0.29) is 12.1 Å². The molecule has 164 valence electrons. The van der Waals surface area contributed by atoms with Crippen molar-refractivity contribution in [3.63, 3.8) is 0 Å². The second-order valence-electron chi connectivity index (χ2n) is 8.91. The molecule has 0 saturated carbocycles. The number of nitrogens with one attached hydrogen (secondary N) is 1. The minimum absolute atomic E-state index is 0.224. The van der Waals surface area contributed by atoms with Crippen molar-refractivity contribution in [1.82, 2.24) is 0 Å². The van der Waals surface area contributed by atoms with Crippen LogP contribution in [-0.4, -0.2) is 32.4 Å². The van der Waals surface area contributed by atoms with Gasteiger partial charge in [0.25, 0.3) is 0 Å². The van der Waals surface area contributed by atoms with Gasteiger partial charge in [0.05, 0.1) is 17.8 Å². The monoisotopic (exact) mass is 418 g/mol. The largest absolute Gasteiger partial charge is 0.489 e. The summed E-state index contributed by atoms with van der Waals surface area (Å²) < 4.78 is 12.0. The molecule has 2 aliphatic heterocycles. The highest BCUT2D eigenvalue weighted by molar-refractivity contribution is 5.68. The summed E-state index contributed by atoms with van der Waals surface area (Å²) >= 11 is 0. The first-order chi connectivity index (χ1) is 15.3. The van der Waals surface area contributed by atoms with Crippen LogP contribution >= 0.6 is 0 Å². The molecule has 4 nitrogen and oxygen atoms in total. The molecular formula is C27H34N2O2. The summed E-state index contributed by atoms with van der Waals surface area (Å²) in [6.07, 6.45) is 8.31. The van der Waals surface area contributed by atoms with E-state index in [2.05, 4.69) is 78.7 Å². The topological polar surface area (TPSA) is 33.7 Å². The summed E-state index contributed by atoms with van der Waals surface area (Å²) in [6, 6.07) is 15.9. The summed E-state index contributed by atoms with van der Waals surface area (Å²) in [6.45, 7) is 7.98. The van der Waals surface area contributed by atoms with Crippen molar-refractivity contribution in [2.24, 2.45) is 5.92 Å². The zero-order valence-electron chi connectivity index (χ0n) is 18.7. The van der Waals surface area contributed by atoms with Crippen LogP contribution in [0.25, 0.3) is 0 Å². The second-order valence-corrected chi connectivity index (χ2v) is 8.91. The van der Waals surface area contributed by atoms with Crippen molar-refractivity contribution in [2.75, 3.05) is 36.5 Å². The molecule has 1 saturated heterocycles. The lowest BCUT2D eigenvalue weighted by Gasteiger charge is -2.38. The molecule has 31 heavy (non-hydrogen) atoms. The number of anilines is 2. The number of nitrogens with zero attached hydrogens (tertiary/aromatic N) is 1. The molecule has 0 amide bonds. The van der Waals surface area contributed by atoms with Gasteiger partial charge in [-0.25, -0.2) is 0 Å². The van der Waals surface area contributed by atoms with Crippen molar-refractivity contribution in [3.05, 3.63) is 65.7 Å². The van der Waals surface area contributed by atoms with E-state index in [1.54, 1.807) is 0 Å². The first-order valence-corrected chi connectivity index (χ1v) is 11.9. The number of hydrogen-bond donors (Lipinski definition) is 1. The Morgan fingerprint density at radius 2 is 1.94 bits per heavy atom. The lowest BCUT2D eigenvalue weighted by molar-refractivity contribution is 0.0681. The maximum atomic E-state index is 6.28. The minimum atomic E-state index is 0.224. The molecule has 1 fully saturated rings. The Hall–Kier alpha value is -2.46. The fourth-order valence-corrected chi connectivity index (χ4v) is 5.48. The minimum Gasteiger partial charge on any atom is -0.489 e. The van der Waals surface area contributed by atoms with Gasteiger partial charge >= 0.3 is 0 Å². The van der Waals surface area contributed by atoms with Crippen molar-refractivity contribution < 1.29 is 9.47 Å². The van der Waals surface area contributed by atoms with Crippen LogP contribution in [0.15, 0.2) is 54.6 Å². The number of para-hydroxylation sites is 1. The summed E-state index contributed by atoms with van der Waals surface area (Å²) in [7, 11) is 0. The van der Waals surface area contributed by atoms with Crippen LogP contribution in [0.1, 0.15) is 56.2 Å². The third-order valence-corrected chi connectivity index (χ3v) is 7.19. The molecule has 0 aromatic heterocycles. The maximum Gasteiger partial charge on any atom is 0.142 e. The van der Waals surface area contributed by atoms with Gasteiger partial charge in [0.1, 0.15) is 12.4 Å². The van der Waals surface area contributed by atoms with E-state index in [9.17, 15) is 0 Å². The fourth-order valence-electron chi connectivity index (χ4n) is 5.48. The van der Waals surface area contributed by atoms with Crippen LogP contribution in [0.5, 0.6) is 5.75 Å². The Balaban J connectivity index is 1.42. The van der Waals surface area contributed by atoms with Gasteiger partial charge in [-0.3, -0.25) is 0 Å². The molecule has 0 radical (unpaired) electrons. The molecule has 1 aliphatic carbocycles. The average Bonchev–Trinajstić information content (AvgIpc) is 3.51. The van der Waals surface area contributed by atoms with Gasteiger partial charge in [-0.05, 0) is 68.4 Å². The van der Waals surface area contributed by atoms with E-state index in [0.29, 0.717) is 18.4 Å². The van der Waals surface area contributed by atoms with Gasteiger partial charge in [0.15, 0.2) is 0 Å². The van der Waals surface area contributed by atoms with Crippen LogP contribution in [0, 0.1) is 5.92 Å². The van der Waals surface area contributed by atoms with Crippen molar-refractivity contribution in [3.8, 4) is 5.75 Å². The Labute approximate surface area is 186 Å². The Kier molecular flexibility index (Phi) is 5.91. The normalized spacial score (nSPS) is 26.3. The summed E-state index contributed by atoms with van der Waals surface area (Å²) in [5.74, 6) is 1.94. The third kappa shape index (κ3) is 3.94. The molecule has 4 heteroatoms. The first-order valence-electron chi connectivity index (χ1n) is 11.9. The van der Waals surface area contributed by atoms with E-state index in [0.717, 1.165) is 50.4 Å². The van der Waals surface area contributed by atoms with Crippen molar-refractivity contribution in [1.29, 1.82) is 0 Å². The summed E-state index contributed by atoms with van der Waals surface area (Å²) in [4.78, 5) is 2.39. The quantitative estimate of drug-likeness (QED) is 0.566. The number of allylic oxidation sites excluding steroid dienone is 2. The van der Waals surface area contributed by atoms with Crippen molar-refractivity contribution >= 4 is 11.4 Å². The van der Waals surface area contributed by atoms with E-state index in [1.165, 1.54) is 16.8 Å². The molecule has 2 aromatic carbocycles. The van der Waals surface area contributed by atoms with Crippen LogP contribution in [0.2, 0.25) is 0 Å². The van der Waals surface area contributed by atoms with E-state index in [4.69, 9.17) is 9.47 Å². The predicted molar refractivity (Wildman–Crippen MR) is 127 cm³/mol. The molecule has 3 aliphatic rings. The van der Waals surface area contributed by atoms with Gasteiger partial charge in [0.2, 0.25) is 0 Å². The first kappa shape index (κ1) is 20.4. The molecular weight excluding hydrogens is 384 g/mol. The lowest BCUT2D eigenvalue weighted by atomic mass is 9.77. The fraction of sp³-hybridized carbons (Fsp3) is 0.481. The zero-order valence-corrected chi connectivity index (χ0v) is 18.7. The molecule has 0 spiro atoms. The molecule has 1 N–H and O–H groups in total. The summed E-state index contributed by atoms with van der Waals surface area (Å²) in [5.41, 5.74) is 5.17. The smallest absolute Gasteiger partial charge is 0.142 e. The van der Waals surface area contributed by atoms with E-state index >= 15 is 0 Å². The molecule has 5 rings (SSSR count). The van der Waals surface area contributed by atoms with E-state index < -0.39 is 0 Å².